The summed E-state index contributed by atoms with van der Waals surface area (Å²) in [6.07, 6.45) is 0. The van der Waals surface area contributed by atoms with E-state index in [9.17, 15) is 13.2 Å². The van der Waals surface area contributed by atoms with Gasteiger partial charge in [-0.3, -0.25) is 9.48 Å². The maximum Gasteiger partial charge on any atom is 0.283 e. The summed E-state index contributed by atoms with van der Waals surface area (Å²) in [5.74, 6) is -0.729. The molecule has 1 aromatic heterocycles. The Hall–Kier alpha value is -3.13. The second kappa shape index (κ2) is 8.43. The molecule has 172 valence electrons. The number of carbonyl (C=O) groups is 1. The number of aryl methyl sites for hydroxylation is 3. The molecule has 1 heterocycles. The van der Waals surface area contributed by atoms with Crippen LogP contribution in [0.25, 0.3) is 0 Å². The Morgan fingerprint density at radius 3 is 2.16 bits per heavy atom. The molecule has 0 spiro atoms. The molecule has 0 fully saturated rings. The van der Waals surface area contributed by atoms with Crippen molar-refractivity contribution in [2.24, 2.45) is 0 Å². The third kappa shape index (κ3) is 5.02. The zero-order chi connectivity index (χ0) is 23.8. The van der Waals surface area contributed by atoms with Crippen molar-refractivity contribution in [2.75, 3.05) is 5.73 Å². The second-order valence-electron chi connectivity index (χ2n) is 9.20. The highest BCUT2D eigenvalue weighted by Gasteiger charge is 2.26. The van der Waals surface area contributed by atoms with Crippen molar-refractivity contribution in [1.29, 1.82) is 0 Å². The van der Waals surface area contributed by atoms with Crippen molar-refractivity contribution in [2.45, 2.75) is 58.4 Å². The van der Waals surface area contributed by atoms with E-state index < -0.39 is 15.9 Å². The molecule has 3 rings (SSSR count). The van der Waals surface area contributed by atoms with Gasteiger partial charge in [0.1, 0.15) is 5.69 Å². The van der Waals surface area contributed by atoms with Crippen molar-refractivity contribution in [3.05, 3.63) is 76.1 Å². The summed E-state index contributed by atoms with van der Waals surface area (Å²) in [5, 5.41) is 4.66. The van der Waals surface area contributed by atoms with Crippen LogP contribution in [0.1, 0.15) is 60.6 Å². The average molecular weight is 457 g/mol. The van der Waals surface area contributed by atoms with Gasteiger partial charge in [0, 0.05) is 12.5 Å². The molecular weight excluding hydrogens is 424 g/mol. The SMILES string of the molecule is Cc1cc(C)c(Cn2nc(C(C)(C)C)cc2C(=O)NS(=O)(=O)c2ccc(N)cc2)c(C)c1.[HH]. The van der Waals surface area contributed by atoms with Gasteiger partial charge in [0.2, 0.25) is 0 Å². The molecule has 0 aliphatic heterocycles. The Morgan fingerprint density at radius 2 is 1.62 bits per heavy atom. The number of hydrogen-bond acceptors (Lipinski definition) is 5. The molecule has 0 saturated heterocycles. The van der Waals surface area contributed by atoms with Crippen molar-refractivity contribution in [3.63, 3.8) is 0 Å². The highest BCUT2D eigenvalue weighted by molar-refractivity contribution is 7.90. The summed E-state index contributed by atoms with van der Waals surface area (Å²) in [6.45, 7) is 12.4. The average Bonchev–Trinajstić information content (AvgIpc) is 3.09. The number of benzene rings is 2. The van der Waals surface area contributed by atoms with Crippen LogP contribution in [-0.4, -0.2) is 24.1 Å². The molecule has 0 atom stereocenters. The fraction of sp³-hybridized carbons (Fsp3) is 0.333. The van der Waals surface area contributed by atoms with Crippen LogP contribution in [0.4, 0.5) is 5.69 Å². The molecular formula is C24H32N4O3S. The summed E-state index contributed by atoms with van der Waals surface area (Å²) >= 11 is 0. The van der Waals surface area contributed by atoms with Crippen molar-refractivity contribution in [1.82, 2.24) is 14.5 Å². The van der Waals surface area contributed by atoms with E-state index in [-0.39, 0.29) is 17.4 Å². The van der Waals surface area contributed by atoms with E-state index in [2.05, 4.69) is 22.0 Å². The minimum Gasteiger partial charge on any atom is -0.399 e. The van der Waals surface area contributed by atoms with Crippen LogP contribution in [0.2, 0.25) is 0 Å². The van der Waals surface area contributed by atoms with Crippen LogP contribution >= 0.6 is 0 Å². The lowest BCUT2D eigenvalue weighted by atomic mass is 9.92. The van der Waals surface area contributed by atoms with E-state index in [4.69, 9.17) is 5.73 Å². The fourth-order valence-corrected chi connectivity index (χ4v) is 4.54. The number of aromatic nitrogens is 2. The number of rotatable bonds is 5. The van der Waals surface area contributed by atoms with Crippen molar-refractivity contribution >= 4 is 21.6 Å². The summed E-state index contributed by atoms with van der Waals surface area (Å²) in [7, 11) is -4.06. The first-order chi connectivity index (χ1) is 14.8. The van der Waals surface area contributed by atoms with Gasteiger partial charge in [-0.2, -0.15) is 5.10 Å². The predicted molar refractivity (Wildman–Crippen MR) is 128 cm³/mol. The quantitative estimate of drug-likeness (QED) is 0.562. The molecule has 0 aliphatic carbocycles. The predicted octanol–water partition coefficient (Wildman–Crippen LogP) is 4.10. The Kier molecular flexibility index (Phi) is 6.20. The molecule has 32 heavy (non-hydrogen) atoms. The molecule has 7 nitrogen and oxygen atoms in total. The van der Waals surface area contributed by atoms with E-state index >= 15 is 0 Å². The Bertz CT molecular complexity index is 1250. The van der Waals surface area contributed by atoms with Crippen LogP contribution in [0, 0.1) is 20.8 Å². The van der Waals surface area contributed by atoms with Gasteiger partial charge in [0.25, 0.3) is 15.9 Å². The minimum absolute atomic E-state index is 0. The first-order valence-corrected chi connectivity index (χ1v) is 11.8. The normalized spacial score (nSPS) is 12.1. The smallest absolute Gasteiger partial charge is 0.283 e. The molecule has 3 N–H and O–H groups in total. The molecule has 3 aromatic rings. The Morgan fingerprint density at radius 1 is 1.06 bits per heavy atom. The lowest BCUT2D eigenvalue weighted by Crippen LogP contribution is -2.32. The van der Waals surface area contributed by atoms with E-state index in [1.807, 2.05) is 41.5 Å². The number of anilines is 1. The summed E-state index contributed by atoms with van der Waals surface area (Å²) in [5.41, 5.74) is 11.1. The molecule has 0 unspecified atom stereocenters. The maximum absolute atomic E-state index is 13.1. The molecule has 1 amide bonds. The molecule has 0 saturated carbocycles. The number of nitrogens with one attached hydrogen (secondary N) is 1. The second-order valence-corrected chi connectivity index (χ2v) is 10.9. The monoisotopic (exact) mass is 456 g/mol. The molecule has 0 aliphatic rings. The van der Waals surface area contributed by atoms with E-state index in [0.717, 1.165) is 22.3 Å². The number of hydrogen-bond donors (Lipinski definition) is 2. The van der Waals surface area contributed by atoms with Crippen molar-refractivity contribution < 1.29 is 14.6 Å². The third-order valence-electron chi connectivity index (χ3n) is 5.35. The van der Waals surface area contributed by atoms with Gasteiger partial charge >= 0.3 is 0 Å². The fourth-order valence-electron chi connectivity index (χ4n) is 3.58. The largest absolute Gasteiger partial charge is 0.399 e. The maximum atomic E-state index is 13.1. The zero-order valence-electron chi connectivity index (χ0n) is 19.4. The van der Waals surface area contributed by atoms with Crippen LogP contribution < -0.4 is 10.5 Å². The van der Waals surface area contributed by atoms with Gasteiger partial charge in [-0.15, -0.1) is 0 Å². The van der Waals surface area contributed by atoms with Crippen LogP contribution in [0.5, 0.6) is 0 Å². The topological polar surface area (TPSA) is 107 Å². The number of sulfonamides is 1. The minimum atomic E-state index is -4.06. The zero-order valence-corrected chi connectivity index (χ0v) is 20.2. The van der Waals surface area contributed by atoms with Crippen molar-refractivity contribution in [3.8, 4) is 0 Å². The highest BCUT2D eigenvalue weighted by Crippen LogP contribution is 2.24. The third-order valence-corrected chi connectivity index (χ3v) is 6.69. The van der Waals surface area contributed by atoms with Gasteiger partial charge in [0.05, 0.1) is 17.1 Å². The molecule has 0 radical (unpaired) electrons. The van der Waals surface area contributed by atoms with Gasteiger partial charge in [-0.05, 0) is 67.8 Å². The van der Waals surface area contributed by atoms with Gasteiger partial charge in [-0.1, -0.05) is 38.5 Å². The van der Waals surface area contributed by atoms with Gasteiger partial charge < -0.3 is 5.73 Å². The first-order valence-electron chi connectivity index (χ1n) is 10.4. The lowest BCUT2D eigenvalue weighted by molar-refractivity contribution is 0.0971. The standard InChI is InChI=1S/C24H30N4O3S.H2/c1-15-11-16(2)20(17(3)12-15)14-28-21(13-22(26-28)24(4,5)6)23(29)27-32(30,31)19-9-7-18(25)8-10-19;/h7-13H,14,25H2,1-6H3,(H,27,29);1H. The number of amides is 1. The number of carbonyl (C=O) groups excluding carboxylic acids is 1. The highest BCUT2D eigenvalue weighted by atomic mass is 32.2. The van der Waals surface area contributed by atoms with E-state index in [0.29, 0.717) is 17.9 Å². The van der Waals surface area contributed by atoms with Crippen LogP contribution in [0.15, 0.2) is 47.4 Å². The summed E-state index contributed by atoms with van der Waals surface area (Å²) in [4.78, 5) is 13.1. The Labute approximate surface area is 191 Å². The summed E-state index contributed by atoms with van der Waals surface area (Å²) in [6, 6.07) is 11.5. The molecule has 0 bridgehead atoms. The van der Waals surface area contributed by atoms with Gasteiger partial charge in [0.15, 0.2) is 0 Å². The molecule has 2 aromatic carbocycles. The van der Waals surface area contributed by atoms with Crippen LogP contribution in [0.3, 0.4) is 0 Å². The lowest BCUT2D eigenvalue weighted by Gasteiger charge is -2.15. The number of nitrogens with two attached hydrogens (primary N) is 1. The number of nitrogen functional groups attached to an aromatic ring is 1. The van der Waals surface area contributed by atoms with E-state index in [1.54, 1.807) is 10.7 Å². The van der Waals surface area contributed by atoms with Gasteiger partial charge in [-0.25, -0.2) is 13.1 Å². The van der Waals surface area contributed by atoms with E-state index in [1.165, 1.54) is 24.3 Å². The number of nitrogens with zero attached hydrogens (tertiary/aromatic N) is 2. The Balaban J connectivity index is 0.00000385. The van der Waals surface area contributed by atoms with Crippen LogP contribution in [-0.2, 0) is 22.0 Å². The summed E-state index contributed by atoms with van der Waals surface area (Å²) < 4.78 is 29.2. The molecule has 8 heteroatoms. The first kappa shape index (κ1) is 23.5.